The van der Waals surface area contributed by atoms with Crippen molar-refractivity contribution < 1.29 is 9.21 Å². The fraction of sp³-hybridized carbons (Fsp3) is 0.600. The summed E-state index contributed by atoms with van der Waals surface area (Å²) in [4.78, 5) is 15.7. The van der Waals surface area contributed by atoms with Crippen LogP contribution in [0.5, 0.6) is 0 Å². The van der Waals surface area contributed by atoms with E-state index in [9.17, 15) is 4.79 Å². The van der Waals surface area contributed by atoms with E-state index in [4.69, 9.17) is 4.42 Å². The van der Waals surface area contributed by atoms with Crippen LogP contribution in [0.15, 0.2) is 27.8 Å². The molecule has 0 unspecified atom stereocenters. The third kappa shape index (κ3) is 7.67. The molecular formula is C15H25IN4O2. The Hall–Kier alpha value is -1.25. The second-order valence-corrected chi connectivity index (χ2v) is 5.20. The van der Waals surface area contributed by atoms with Gasteiger partial charge in [-0.05, 0) is 31.4 Å². The quantitative estimate of drug-likeness (QED) is 0.259. The lowest BCUT2D eigenvalue weighted by atomic mass is 10.3. The highest BCUT2D eigenvalue weighted by atomic mass is 127. The number of amides is 1. The number of carbonyl (C=O) groups excluding carboxylic acids is 1. The van der Waals surface area contributed by atoms with Crippen LogP contribution < -0.4 is 16.0 Å². The predicted molar refractivity (Wildman–Crippen MR) is 97.6 cm³/mol. The van der Waals surface area contributed by atoms with Crippen molar-refractivity contribution in [3.8, 4) is 0 Å². The van der Waals surface area contributed by atoms with Gasteiger partial charge in [0, 0.05) is 39.0 Å². The lowest BCUT2D eigenvalue weighted by Crippen LogP contribution is -2.39. The SMILES string of the molecule is CN=C(NCCCC(=O)NC1CC1)NCCc1ccco1.I. The van der Waals surface area contributed by atoms with Gasteiger partial charge < -0.3 is 20.4 Å². The van der Waals surface area contributed by atoms with E-state index in [-0.39, 0.29) is 29.9 Å². The maximum absolute atomic E-state index is 11.5. The first-order valence-corrected chi connectivity index (χ1v) is 7.54. The zero-order chi connectivity index (χ0) is 14.9. The van der Waals surface area contributed by atoms with Crippen molar-refractivity contribution in [1.82, 2.24) is 16.0 Å². The zero-order valence-corrected chi connectivity index (χ0v) is 15.3. The first kappa shape index (κ1) is 18.8. The summed E-state index contributed by atoms with van der Waals surface area (Å²) in [6.45, 7) is 1.49. The Morgan fingerprint density at radius 1 is 1.36 bits per heavy atom. The second-order valence-electron chi connectivity index (χ2n) is 5.20. The molecule has 1 heterocycles. The normalized spacial score (nSPS) is 14.1. The van der Waals surface area contributed by atoms with Gasteiger partial charge in [0.25, 0.3) is 0 Å². The molecular weight excluding hydrogens is 395 g/mol. The topological polar surface area (TPSA) is 78.7 Å². The molecule has 124 valence electrons. The molecule has 6 nitrogen and oxygen atoms in total. The van der Waals surface area contributed by atoms with Gasteiger partial charge in [0.1, 0.15) is 5.76 Å². The number of carbonyl (C=O) groups is 1. The van der Waals surface area contributed by atoms with Gasteiger partial charge in [-0.15, -0.1) is 24.0 Å². The van der Waals surface area contributed by atoms with Crippen molar-refractivity contribution in [2.45, 2.75) is 38.1 Å². The van der Waals surface area contributed by atoms with Crippen LogP contribution in [-0.2, 0) is 11.2 Å². The van der Waals surface area contributed by atoms with Crippen molar-refractivity contribution in [3.63, 3.8) is 0 Å². The molecule has 1 fully saturated rings. The molecule has 3 N–H and O–H groups in total. The van der Waals surface area contributed by atoms with Crippen molar-refractivity contribution in [3.05, 3.63) is 24.2 Å². The van der Waals surface area contributed by atoms with E-state index >= 15 is 0 Å². The molecule has 2 rings (SSSR count). The molecule has 1 amide bonds. The zero-order valence-electron chi connectivity index (χ0n) is 12.9. The van der Waals surface area contributed by atoms with Crippen LogP contribution in [-0.4, -0.2) is 38.0 Å². The molecule has 7 heteroatoms. The number of aliphatic imine (C=N–C) groups is 1. The number of hydrogen-bond acceptors (Lipinski definition) is 3. The van der Waals surface area contributed by atoms with Gasteiger partial charge in [0.15, 0.2) is 5.96 Å². The minimum absolute atomic E-state index is 0. The van der Waals surface area contributed by atoms with Crippen LogP contribution >= 0.6 is 24.0 Å². The summed E-state index contributed by atoms with van der Waals surface area (Å²) >= 11 is 0. The van der Waals surface area contributed by atoms with Crippen molar-refractivity contribution in [1.29, 1.82) is 0 Å². The van der Waals surface area contributed by atoms with Crippen LogP contribution in [0.3, 0.4) is 0 Å². The Balaban J connectivity index is 0.00000242. The predicted octanol–water partition coefficient (Wildman–Crippen LogP) is 1.66. The Morgan fingerprint density at radius 2 is 2.14 bits per heavy atom. The molecule has 0 bridgehead atoms. The number of nitrogens with zero attached hydrogens (tertiary/aromatic N) is 1. The van der Waals surface area contributed by atoms with Gasteiger partial charge in [-0.1, -0.05) is 0 Å². The molecule has 1 aliphatic rings. The molecule has 22 heavy (non-hydrogen) atoms. The summed E-state index contributed by atoms with van der Waals surface area (Å²) in [6.07, 6.45) is 6.13. The summed E-state index contributed by atoms with van der Waals surface area (Å²) in [7, 11) is 1.74. The van der Waals surface area contributed by atoms with Crippen molar-refractivity contribution >= 4 is 35.8 Å². The molecule has 1 aliphatic carbocycles. The second kappa shape index (κ2) is 10.5. The third-order valence-electron chi connectivity index (χ3n) is 3.28. The maximum atomic E-state index is 11.5. The highest BCUT2D eigenvalue weighted by Gasteiger charge is 2.22. The van der Waals surface area contributed by atoms with E-state index in [1.807, 2.05) is 12.1 Å². The van der Waals surface area contributed by atoms with Gasteiger partial charge in [-0.3, -0.25) is 9.79 Å². The number of guanidine groups is 1. The van der Waals surface area contributed by atoms with Crippen LogP contribution in [0.4, 0.5) is 0 Å². The largest absolute Gasteiger partial charge is 0.469 e. The number of halogens is 1. The van der Waals surface area contributed by atoms with Crippen molar-refractivity contribution in [2.75, 3.05) is 20.1 Å². The number of hydrogen-bond donors (Lipinski definition) is 3. The molecule has 0 radical (unpaired) electrons. The Kier molecular flexibility index (Phi) is 8.95. The number of nitrogens with one attached hydrogen (secondary N) is 3. The average Bonchev–Trinajstić information content (AvgIpc) is 3.14. The summed E-state index contributed by atoms with van der Waals surface area (Å²) in [6, 6.07) is 4.28. The highest BCUT2D eigenvalue weighted by molar-refractivity contribution is 14.0. The molecule has 0 aromatic carbocycles. The monoisotopic (exact) mass is 420 g/mol. The summed E-state index contributed by atoms with van der Waals surface area (Å²) in [5.41, 5.74) is 0. The molecule has 1 saturated carbocycles. The Labute approximate surface area is 148 Å². The van der Waals surface area contributed by atoms with Crippen molar-refractivity contribution in [2.24, 2.45) is 4.99 Å². The Morgan fingerprint density at radius 3 is 2.77 bits per heavy atom. The summed E-state index contributed by atoms with van der Waals surface area (Å²) in [5.74, 6) is 1.86. The third-order valence-corrected chi connectivity index (χ3v) is 3.28. The molecule has 1 aromatic rings. The van der Waals surface area contributed by atoms with Gasteiger partial charge in [0.2, 0.25) is 5.91 Å². The molecule has 0 atom stereocenters. The van der Waals surface area contributed by atoms with E-state index < -0.39 is 0 Å². The minimum Gasteiger partial charge on any atom is -0.469 e. The average molecular weight is 420 g/mol. The maximum Gasteiger partial charge on any atom is 0.220 e. The molecule has 1 aromatic heterocycles. The first-order chi connectivity index (χ1) is 10.3. The van der Waals surface area contributed by atoms with Crippen LogP contribution in [0.25, 0.3) is 0 Å². The number of rotatable bonds is 8. The molecule has 0 saturated heterocycles. The summed E-state index contributed by atoms with van der Waals surface area (Å²) < 4.78 is 5.27. The number of furan rings is 1. The minimum atomic E-state index is 0. The van der Waals surface area contributed by atoms with E-state index in [1.54, 1.807) is 13.3 Å². The van der Waals surface area contributed by atoms with Gasteiger partial charge in [-0.25, -0.2) is 0 Å². The molecule has 0 aliphatic heterocycles. The van der Waals surface area contributed by atoms with Crippen LogP contribution in [0.2, 0.25) is 0 Å². The van der Waals surface area contributed by atoms with Gasteiger partial charge in [0.05, 0.1) is 6.26 Å². The standard InChI is InChI=1S/C15H24N4O2.HI/c1-16-15(18-10-8-13-4-3-11-21-13)17-9-2-5-14(20)19-12-6-7-12;/h3-4,11-12H,2,5-10H2,1H3,(H,19,20)(H2,16,17,18);1H. The Bertz CT molecular complexity index is 458. The van der Waals surface area contributed by atoms with Crippen LogP contribution in [0, 0.1) is 0 Å². The van der Waals surface area contributed by atoms with Crippen LogP contribution in [0.1, 0.15) is 31.4 Å². The van der Waals surface area contributed by atoms with E-state index in [0.29, 0.717) is 12.5 Å². The smallest absolute Gasteiger partial charge is 0.220 e. The summed E-state index contributed by atoms with van der Waals surface area (Å²) in [5, 5.41) is 9.40. The van der Waals surface area contributed by atoms with E-state index in [1.165, 1.54) is 0 Å². The van der Waals surface area contributed by atoms with Gasteiger partial charge >= 0.3 is 0 Å². The lowest BCUT2D eigenvalue weighted by molar-refractivity contribution is -0.121. The van der Waals surface area contributed by atoms with E-state index in [0.717, 1.165) is 50.5 Å². The van der Waals surface area contributed by atoms with E-state index in [2.05, 4.69) is 20.9 Å². The van der Waals surface area contributed by atoms with Gasteiger partial charge in [-0.2, -0.15) is 0 Å². The highest BCUT2D eigenvalue weighted by Crippen LogP contribution is 2.18. The fourth-order valence-corrected chi connectivity index (χ4v) is 1.96. The lowest BCUT2D eigenvalue weighted by Gasteiger charge is -2.11. The fourth-order valence-electron chi connectivity index (χ4n) is 1.96. The molecule has 0 spiro atoms. The first-order valence-electron chi connectivity index (χ1n) is 7.54.